The van der Waals surface area contributed by atoms with Crippen LogP contribution in [0.5, 0.6) is 5.88 Å². The van der Waals surface area contributed by atoms with E-state index in [-0.39, 0.29) is 5.56 Å². The van der Waals surface area contributed by atoms with Crippen molar-refractivity contribution in [2.45, 2.75) is 0 Å². The van der Waals surface area contributed by atoms with Crippen LogP contribution in [0.25, 0.3) is 11.3 Å². The molecule has 5 nitrogen and oxygen atoms in total. The molecule has 0 amide bonds. The van der Waals surface area contributed by atoms with Crippen molar-refractivity contribution < 1.29 is 14.6 Å². The molecule has 5 heteroatoms. The van der Waals surface area contributed by atoms with Gasteiger partial charge in [0, 0.05) is 18.0 Å². The summed E-state index contributed by atoms with van der Waals surface area (Å²) >= 11 is 0. The third-order valence-corrected chi connectivity index (χ3v) is 2.27. The lowest BCUT2D eigenvalue weighted by atomic mass is 10.0. The van der Waals surface area contributed by atoms with Gasteiger partial charge in [-0.3, -0.25) is 0 Å². The lowest BCUT2D eigenvalue weighted by Crippen LogP contribution is -2.02. The molecule has 1 N–H and O–H groups in total. The molecule has 0 unspecified atom stereocenters. The Morgan fingerprint density at radius 1 is 1.24 bits per heavy atom. The Labute approximate surface area is 97.7 Å². The highest BCUT2D eigenvalue weighted by Gasteiger charge is 2.15. The number of hydrogen-bond acceptors (Lipinski definition) is 4. The van der Waals surface area contributed by atoms with Gasteiger partial charge in [-0.15, -0.1) is 0 Å². The summed E-state index contributed by atoms with van der Waals surface area (Å²) in [6.07, 6.45) is 2.99. The number of methoxy groups -OCH3 is 1. The van der Waals surface area contributed by atoms with Gasteiger partial charge in [0.15, 0.2) is 0 Å². The van der Waals surface area contributed by atoms with Gasteiger partial charge in [0.05, 0.1) is 12.7 Å². The van der Waals surface area contributed by atoms with Crippen LogP contribution in [0.1, 0.15) is 10.4 Å². The standard InChI is InChI=1S/C12H10N2O3/c1-17-11-10(13-6-7-14-11)8-4-2-3-5-9(8)12(15)16/h2-7H,1H3,(H,15,16). The number of hydrogen-bond donors (Lipinski definition) is 1. The zero-order chi connectivity index (χ0) is 12.3. The monoisotopic (exact) mass is 230 g/mol. The first-order valence-corrected chi connectivity index (χ1v) is 4.91. The number of nitrogens with zero attached hydrogens (tertiary/aromatic N) is 2. The highest BCUT2D eigenvalue weighted by atomic mass is 16.5. The van der Waals surface area contributed by atoms with Crippen molar-refractivity contribution in [1.82, 2.24) is 9.97 Å². The first-order chi connectivity index (χ1) is 8.24. The Morgan fingerprint density at radius 3 is 2.65 bits per heavy atom. The van der Waals surface area contributed by atoms with Gasteiger partial charge in [-0.05, 0) is 6.07 Å². The Bertz CT molecular complexity index is 555. The molecule has 0 bridgehead atoms. The fourth-order valence-electron chi connectivity index (χ4n) is 1.54. The quantitative estimate of drug-likeness (QED) is 0.871. The molecule has 0 aliphatic carbocycles. The predicted molar refractivity (Wildman–Crippen MR) is 61.0 cm³/mol. The number of rotatable bonds is 3. The summed E-state index contributed by atoms with van der Waals surface area (Å²) in [4.78, 5) is 19.2. The SMILES string of the molecule is COc1nccnc1-c1ccccc1C(=O)O. The van der Waals surface area contributed by atoms with Gasteiger partial charge in [0.2, 0.25) is 5.88 Å². The van der Waals surface area contributed by atoms with E-state index in [1.54, 1.807) is 18.2 Å². The molecule has 0 saturated carbocycles. The maximum Gasteiger partial charge on any atom is 0.336 e. The van der Waals surface area contributed by atoms with Crippen molar-refractivity contribution in [3.63, 3.8) is 0 Å². The Hall–Kier alpha value is -2.43. The predicted octanol–water partition coefficient (Wildman–Crippen LogP) is 1.85. The third-order valence-electron chi connectivity index (χ3n) is 2.27. The van der Waals surface area contributed by atoms with Crippen LogP contribution in [0.4, 0.5) is 0 Å². The first kappa shape index (κ1) is 11.1. The van der Waals surface area contributed by atoms with Crippen LogP contribution in [-0.2, 0) is 0 Å². The van der Waals surface area contributed by atoms with E-state index in [0.29, 0.717) is 17.1 Å². The molecular weight excluding hydrogens is 220 g/mol. The molecule has 0 radical (unpaired) electrons. The minimum absolute atomic E-state index is 0.173. The number of ether oxygens (including phenoxy) is 1. The summed E-state index contributed by atoms with van der Waals surface area (Å²) in [5.74, 6) is -0.700. The van der Waals surface area contributed by atoms with E-state index in [9.17, 15) is 4.79 Å². The Morgan fingerprint density at radius 2 is 1.94 bits per heavy atom. The van der Waals surface area contributed by atoms with E-state index in [1.807, 2.05) is 0 Å². The van der Waals surface area contributed by atoms with Crippen LogP contribution in [0, 0.1) is 0 Å². The summed E-state index contributed by atoms with van der Waals surface area (Å²) in [6, 6.07) is 6.60. The molecule has 0 saturated heterocycles. The van der Waals surface area contributed by atoms with E-state index >= 15 is 0 Å². The molecule has 0 spiro atoms. The molecule has 0 fully saturated rings. The molecule has 0 atom stereocenters. The highest BCUT2D eigenvalue weighted by molar-refractivity contribution is 5.95. The lowest BCUT2D eigenvalue weighted by molar-refractivity contribution is 0.0697. The first-order valence-electron chi connectivity index (χ1n) is 4.91. The van der Waals surface area contributed by atoms with Gasteiger partial charge >= 0.3 is 5.97 Å². The normalized spacial score (nSPS) is 9.94. The summed E-state index contributed by atoms with van der Waals surface area (Å²) < 4.78 is 5.07. The number of carbonyl (C=O) groups is 1. The largest absolute Gasteiger partial charge is 0.479 e. The second-order valence-electron chi connectivity index (χ2n) is 3.26. The van der Waals surface area contributed by atoms with E-state index < -0.39 is 5.97 Å². The van der Waals surface area contributed by atoms with Gasteiger partial charge in [-0.2, -0.15) is 0 Å². The second kappa shape index (κ2) is 4.61. The van der Waals surface area contributed by atoms with E-state index in [2.05, 4.69) is 9.97 Å². The van der Waals surface area contributed by atoms with Crippen molar-refractivity contribution >= 4 is 5.97 Å². The smallest absolute Gasteiger partial charge is 0.336 e. The van der Waals surface area contributed by atoms with E-state index in [1.165, 1.54) is 25.6 Å². The topological polar surface area (TPSA) is 72.3 Å². The second-order valence-corrected chi connectivity index (χ2v) is 3.26. The van der Waals surface area contributed by atoms with Crippen molar-refractivity contribution in [1.29, 1.82) is 0 Å². The molecule has 1 aromatic carbocycles. The van der Waals surface area contributed by atoms with Crippen molar-refractivity contribution in [2.75, 3.05) is 7.11 Å². The van der Waals surface area contributed by atoms with Crippen LogP contribution >= 0.6 is 0 Å². The minimum atomic E-state index is -1.01. The number of aromatic carboxylic acids is 1. The maximum atomic E-state index is 11.1. The summed E-state index contributed by atoms with van der Waals surface area (Å²) in [7, 11) is 1.47. The molecule has 0 aliphatic heterocycles. The van der Waals surface area contributed by atoms with Crippen LogP contribution in [0.3, 0.4) is 0 Å². The van der Waals surface area contributed by atoms with Crippen LogP contribution in [0.2, 0.25) is 0 Å². The zero-order valence-electron chi connectivity index (χ0n) is 9.12. The average Bonchev–Trinajstić information content (AvgIpc) is 2.38. The summed E-state index contributed by atoms with van der Waals surface area (Å²) in [5, 5.41) is 9.10. The number of carboxylic acids is 1. The van der Waals surface area contributed by atoms with Gasteiger partial charge in [0.1, 0.15) is 5.69 Å². The third kappa shape index (κ3) is 2.08. The van der Waals surface area contributed by atoms with Crippen molar-refractivity contribution in [3.8, 4) is 17.1 Å². The van der Waals surface area contributed by atoms with Gasteiger partial charge in [0.25, 0.3) is 0 Å². The Balaban J connectivity index is 2.64. The van der Waals surface area contributed by atoms with Gasteiger partial charge < -0.3 is 9.84 Å². The molecule has 1 heterocycles. The molecule has 0 aliphatic rings. The van der Waals surface area contributed by atoms with Gasteiger partial charge in [-0.25, -0.2) is 14.8 Å². The summed E-state index contributed by atoms with van der Waals surface area (Å²) in [5.41, 5.74) is 1.09. The number of carboxylic acid groups (broad SMARTS) is 1. The van der Waals surface area contributed by atoms with Crippen LogP contribution in [0.15, 0.2) is 36.7 Å². The maximum absolute atomic E-state index is 11.1. The molecule has 2 aromatic rings. The fourth-order valence-corrected chi connectivity index (χ4v) is 1.54. The number of benzene rings is 1. The molecule has 1 aromatic heterocycles. The molecular formula is C12H10N2O3. The zero-order valence-corrected chi connectivity index (χ0v) is 9.12. The summed E-state index contributed by atoms with van der Waals surface area (Å²) in [6.45, 7) is 0. The Kier molecular flexibility index (Phi) is 3.00. The average molecular weight is 230 g/mol. The van der Waals surface area contributed by atoms with E-state index in [4.69, 9.17) is 9.84 Å². The lowest BCUT2D eigenvalue weighted by Gasteiger charge is -2.08. The van der Waals surface area contributed by atoms with Gasteiger partial charge in [-0.1, -0.05) is 18.2 Å². The van der Waals surface area contributed by atoms with Crippen LogP contribution < -0.4 is 4.74 Å². The van der Waals surface area contributed by atoms with Crippen LogP contribution in [-0.4, -0.2) is 28.2 Å². The number of aromatic nitrogens is 2. The fraction of sp³-hybridized carbons (Fsp3) is 0.0833. The molecule has 86 valence electrons. The van der Waals surface area contributed by atoms with Crippen molar-refractivity contribution in [2.24, 2.45) is 0 Å². The molecule has 17 heavy (non-hydrogen) atoms. The van der Waals surface area contributed by atoms with E-state index in [0.717, 1.165) is 0 Å². The van der Waals surface area contributed by atoms with Crippen molar-refractivity contribution in [3.05, 3.63) is 42.2 Å². The molecule has 2 rings (SSSR count). The highest BCUT2D eigenvalue weighted by Crippen LogP contribution is 2.27. The minimum Gasteiger partial charge on any atom is -0.479 e.